The maximum absolute atomic E-state index is 13.0. The van der Waals surface area contributed by atoms with Crippen LogP contribution < -0.4 is 10.6 Å². The number of aryl methyl sites for hydroxylation is 1. The van der Waals surface area contributed by atoms with Gasteiger partial charge in [0.05, 0.1) is 0 Å². The molecule has 1 unspecified atom stereocenters. The SMILES string of the molecule is Cc1cc(F)ccc1NC(C)C(=O)Nc1ccccc1. The summed E-state index contributed by atoms with van der Waals surface area (Å²) in [6.45, 7) is 3.56. The van der Waals surface area contributed by atoms with Gasteiger partial charge >= 0.3 is 0 Å². The molecule has 0 bridgehead atoms. The standard InChI is InChI=1S/C16H17FN2O/c1-11-10-13(17)8-9-15(11)18-12(2)16(20)19-14-6-4-3-5-7-14/h3-10,12,18H,1-2H3,(H,19,20). The third kappa shape index (κ3) is 3.57. The molecule has 0 heterocycles. The van der Waals surface area contributed by atoms with Gasteiger partial charge in [0.2, 0.25) is 5.91 Å². The van der Waals surface area contributed by atoms with E-state index in [4.69, 9.17) is 0 Å². The zero-order valence-corrected chi connectivity index (χ0v) is 11.5. The van der Waals surface area contributed by atoms with Crippen molar-refractivity contribution in [2.45, 2.75) is 19.9 Å². The van der Waals surface area contributed by atoms with Gasteiger partial charge in [-0.25, -0.2) is 4.39 Å². The van der Waals surface area contributed by atoms with Crippen molar-refractivity contribution in [3.8, 4) is 0 Å². The van der Waals surface area contributed by atoms with Crippen LogP contribution in [0.25, 0.3) is 0 Å². The maximum Gasteiger partial charge on any atom is 0.246 e. The molecule has 1 amide bonds. The van der Waals surface area contributed by atoms with Crippen molar-refractivity contribution in [3.05, 3.63) is 59.9 Å². The lowest BCUT2D eigenvalue weighted by Gasteiger charge is -2.17. The molecule has 2 N–H and O–H groups in total. The molecule has 0 saturated heterocycles. The van der Waals surface area contributed by atoms with Crippen molar-refractivity contribution in [2.24, 2.45) is 0 Å². The molecule has 0 aromatic heterocycles. The van der Waals surface area contributed by atoms with E-state index in [1.54, 1.807) is 19.9 Å². The molecule has 1 atom stereocenters. The first kappa shape index (κ1) is 14.1. The molecule has 0 saturated carbocycles. The Balaban J connectivity index is 2.00. The van der Waals surface area contributed by atoms with Gasteiger partial charge in [0.15, 0.2) is 0 Å². The van der Waals surface area contributed by atoms with Crippen molar-refractivity contribution in [3.63, 3.8) is 0 Å². The molecule has 0 aliphatic carbocycles. The quantitative estimate of drug-likeness (QED) is 0.893. The van der Waals surface area contributed by atoms with Crippen molar-refractivity contribution in [2.75, 3.05) is 10.6 Å². The number of amides is 1. The average Bonchev–Trinajstić information content (AvgIpc) is 2.43. The number of nitrogens with one attached hydrogen (secondary N) is 2. The van der Waals surface area contributed by atoms with Gasteiger partial charge in [-0.15, -0.1) is 0 Å². The Morgan fingerprint density at radius 3 is 2.50 bits per heavy atom. The summed E-state index contributed by atoms with van der Waals surface area (Å²) in [5.41, 5.74) is 2.27. The third-order valence-corrected chi connectivity index (χ3v) is 3.00. The number of rotatable bonds is 4. The molecule has 0 aliphatic heterocycles. The Morgan fingerprint density at radius 2 is 1.85 bits per heavy atom. The van der Waals surface area contributed by atoms with Crippen molar-refractivity contribution in [1.29, 1.82) is 0 Å². The second-order valence-electron chi connectivity index (χ2n) is 4.68. The molecule has 0 fully saturated rings. The molecule has 2 aromatic rings. The first-order valence-corrected chi connectivity index (χ1v) is 6.45. The number of carbonyl (C=O) groups is 1. The van der Waals surface area contributed by atoms with Gasteiger partial charge in [-0.2, -0.15) is 0 Å². The van der Waals surface area contributed by atoms with E-state index in [2.05, 4.69) is 10.6 Å². The van der Waals surface area contributed by atoms with Crippen LogP contribution in [0.4, 0.5) is 15.8 Å². The van der Waals surface area contributed by atoms with Gasteiger partial charge in [-0.3, -0.25) is 4.79 Å². The highest BCUT2D eigenvalue weighted by atomic mass is 19.1. The number of carbonyl (C=O) groups excluding carboxylic acids is 1. The van der Waals surface area contributed by atoms with E-state index in [9.17, 15) is 9.18 Å². The lowest BCUT2D eigenvalue weighted by atomic mass is 10.1. The van der Waals surface area contributed by atoms with E-state index in [1.165, 1.54) is 12.1 Å². The number of hydrogen-bond donors (Lipinski definition) is 2. The zero-order valence-electron chi connectivity index (χ0n) is 11.5. The van der Waals surface area contributed by atoms with Crippen molar-refractivity contribution >= 4 is 17.3 Å². The molecule has 0 radical (unpaired) electrons. The fourth-order valence-electron chi connectivity index (χ4n) is 1.86. The molecule has 2 aromatic carbocycles. The van der Waals surface area contributed by atoms with Crippen LogP contribution in [-0.4, -0.2) is 11.9 Å². The highest BCUT2D eigenvalue weighted by Crippen LogP contribution is 2.17. The van der Waals surface area contributed by atoms with Gasteiger partial charge in [0.1, 0.15) is 11.9 Å². The van der Waals surface area contributed by atoms with Gasteiger partial charge in [-0.1, -0.05) is 18.2 Å². The Labute approximate surface area is 117 Å². The fourth-order valence-corrected chi connectivity index (χ4v) is 1.86. The second-order valence-corrected chi connectivity index (χ2v) is 4.68. The predicted molar refractivity (Wildman–Crippen MR) is 79.3 cm³/mol. The minimum atomic E-state index is -0.417. The first-order chi connectivity index (χ1) is 9.56. The smallest absolute Gasteiger partial charge is 0.246 e. The molecule has 3 nitrogen and oxygen atoms in total. The van der Waals surface area contributed by atoms with E-state index >= 15 is 0 Å². The molecular weight excluding hydrogens is 255 g/mol. The largest absolute Gasteiger partial charge is 0.374 e. The molecule has 20 heavy (non-hydrogen) atoms. The Kier molecular flexibility index (Phi) is 4.35. The molecule has 0 aliphatic rings. The number of hydrogen-bond acceptors (Lipinski definition) is 2. The van der Waals surface area contributed by atoms with Crippen molar-refractivity contribution in [1.82, 2.24) is 0 Å². The van der Waals surface area contributed by atoms with E-state index < -0.39 is 6.04 Å². The summed E-state index contributed by atoms with van der Waals surface area (Å²) in [4.78, 5) is 12.0. The molecule has 0 spiro atoms. The lowest BCUT2D eigenvalue weighted by Crippen LogP contribution is -2.32. The van der Waals surface area contributed by atoms with Gasteiger partial charge < -0.3 is 10.6 Å². The lowest BCUT2D eigenvalue weighted by molar-refractivity contribution is -0.116. The van der Waals surface area contributed by atoms with Crippen LogP contribution >= 0.6 is 0 Å². The third-order valence-electron chi connectivity index (χ3n) is 3.00. The monoisotopic (exact) mass is 272 g/mol. The zero-order chi connectivity index (χ0) is 14.5. The summed E-state index contributed by atoms with van der Waals surface area (Å²) in [6, 6.07) is 13.3. The maximum atomic E-state index is 13.0. The summed E-state index contributed by atoms with van der Waals surface area (Å²) >= 11 is 0. The van der Waals surface area contributed by atoms with Gasteiger partial charge in [0, 0.05) is 11.4 Å². The fraction of sp³-hybridized carbons (Fsp3) is 0.188. The highest BCUT2D eigenvalue weighted by Gasteiger charge is 2.13. The van der Waals surface area contributed by atoms with Crippen LogP contribution in [0.2, 0.25) is 0 Å². The van der Waals surface area contributed by atoms with Crippen LogP contribution in [0.15, 0.2) is 48.5 Å². The molecule has 104 valence electrons. The number of para-hydroxylation sites is 1. The minimum absolute atomic E-state index is 0.139. The molecular formula is C16H17FN2O. The number of anilines is 2. The average molecular weight is 272 g/mol. The van der Waals surface area contributed by atoms with Gasteiger partial charge in [-0.05, 0) is 49.7 Å². The summed E-state index contributed by atoms with van der Waals surface area (Å²) in [7, 11) is 0. The minimum Gasteiger partial charge on any atom is -0.374 e. The van der Waals surface area contributed by atoms with Crippen LogP contribution in [0.1, 0.15) is 12.5 Å². The summed E-state index contributed by atoms with van der Waals surface area (Å²) < 4.78 is 13.0. The van der Waals surface area contributed by atoms with Crippen molar-refractivity contribution < 1.29 is 9.18 Å². The Hall–Kier alpha value is -2.36. The van der Waals surface area contributed by atoms with Gasteiger partial charge in [0.25, 0.3) is 0 Å². The van der Waals surface area contributed by atoms with E-state index in [0.29, 0.717) is 0 Å². The Bertz CT molecular complexity index is 599. The highest BCUT2D eigenvalue weighted by molar-refractivity contribution is 5.96. The Morgan fingerprint density at radius 1 is 1.15 bits per heavy atom. The summed E-state index contributed by atoms with van der Waals surface area (Å²) in [5, 5.41) is 5.90. The topological polar surface area (TPSA) is 41.1 Å². The predicted octanol–water partition coefficient (Wildman–Crippen LogP) is 3.57. The summed E-state index contributed by atoms with van der Waals surface area (Å²) in [5.74, 6) is -0.422. The van der Waals surface area contributed by atoms with Crippen LogP contribution in [0.5, 0.6) is 0 Å². The van der Waals surface area contributed by atoms with Crippen LogP contribution in [0.3, 0.4) is 0 Å². The van der Waals surface area contributed by atoms with Crippen LogP contribution in [0, 0.1) is 12.7 Å². The van der Waals surface area contributed by atoms with E-state index in [1.807, 2.05) is 30.3 Å². The van der Waals surface area contributed by atoms with E-state index in [-0.39, 0.29) is 11.7 Å². The molecule has 2 rings (SSSR count). The molecule has 4 heteroatoms. The number of benzene rings is 2. The van der Waals surface area contributed by atoms with Crippen LogP contribution in [-0.2, 0) is 4.79 Å². The van der Waals surface area contributed by atoms with E-state index in [0.717, 1.165) is 16.9 Å². The summed E-state index contributed by atoms with van der Waals surface area (Å²) in [6.07, 6.45) is 0. The normalized spacial score (nSPS) is 11.8. The first-order valence-electron chi connectivity index (χ1n) is 6.45. The second kappa shape index (κ2) is 6.19. The number of halogens is 1.